The average Bonchev–Trinajstić information content (AvgIpc) is 3.66. The van der Waals surface area contributed by atoms with E-state index < -0.39 is 39.2 Å². The Balaban J connectivity index is 1.43. The maximum atomic E-state index is 13.4. The zero-order valence-corrected chi connectivity index (χ0v) is 27.5. The van der Waals surface area contributed by atoms with Crippen LogP contribution in [0.2, 0.25) is 0 Å². The summed E-state index contributed by atoms with van der Waals surface area (Å²) in [5, 5.41) is 11.4. The van der Waals surface area contributed by atoms with E-state index in [1.54, 1.807) is 40.0 Å². The van der Waals surface area contributed by atoms with Gasteiger partial charge >= 0.3 is 22.3 Å². The third kappa shape index (κ3) is 5.59. The largest absolute Gasteiger partial charge is 0.497 e. The normalized spacial score (nSPS) is 21.0. The van der Waals surface area contributed by atoms with Gasteiger partial charge in [0.05, 0.1) is 18.2 Å². The molecular formula is C33H40N4O8S. The number of nitrogens with zero attached hydrogens (tertiary/aromatic N) is 2. The van der Waals surface area contributed by atoms with E-state index in [1.807, 2.05) is 33.6 Å². The summed E-state index contributed by atoms with van der Waals surface area (Å²) in [5.74, 6) is -1.04. The molecule has 3 aliphatic rings. The number of carboxylic acid groups (broad SMARTS) is 1. The molecular weight excluding hydrogens is 612 g/mol. The number of benzene rings is 2. The zero-order valence-electron chi connectivity index (χ0n) is 26.7. The molecule has 0 spiro atoms. The zero-order chi connectivity index (χ0) is 33.2. The number of fused-ring (bicyclic) bond motifs is 7. The van der Waals surface area contributed by atoms with Gasteiger partial charge in [-0.2, -0.15) is 8.42 Å². The monoisotopic (exact) mass is 652 g/mol. The van der Waals surface area contributed by atoms with Crippen LogP contribution < -0.4 is 14.9 Å². The van der Waals surface area contributed by atoms with Gasteiger partial charge in [-0.05, 0) is 87.4 Å². The van der Waals surface area contributed by atoms with E-state index in [2.05, 4.69) is 5.43 Å². The number of nitrogens with one attached hydrogen (secondary N) is 2. The fourth-order valence-corrected chi connectivity index (χ4v) is 7.84. The summed E-state index contributed by atoms with van der Waals surface area (Å²) < 4.78 is 41.1. The number of hydrogen-bond donors (Lipinski definition) is 3. The number of amides is 2. The Hall–Kier alpha value is -4.10. The van der Waals surface area contributed by atoms with Crippen molar-refractivity contribution in [2.24, 2.45) is 5.41 Å². The molecule has 12 nitrogen and oxygen atoms in total. The number of carbonyl (C=O) groups is 3. The van der Waals surface area contributed by atoms with Crippen molar-refractivity contribution in [3.8, 4) is 17.0 Å². The summed E-state index contributed by atoms with van der Waals surface area (Å²) in [6.07, 6.45) is 4.84. The third-order valence-corrected chi connectivity index (χ3v) is 10.7. The van der Waals surface area contributed by atoms with Crippen LogP contribution in [0, 0.1) is 5.41 Å². The second kappa shape index (κ2) is 11.3. The summed E-state index contributed by atoms with van der Waals surface area (Å²) in [5.41, 5.74) is 4.99. The van der Waals surface area contributed by atoms with Gasteiger partial charge in [0.2, 0.25) is 0 Å². The number of hydrazine groups is 1. The van der Waals surface area contributed by atoms with Crippen LogP contribution in [0.5, 0.6) is 5.75 Å². The Morgan fingerprint density at radius 2 is 1.78 bits per heavy atom. The number of methoxy groups -OCH3 is 1. The van der Waals surface area contributed by atoms with Crippen LogP contribution in [-0.4, -0.2) is 60.2 Å². The maximum Gasteiger partial charge on any atom is 0.423 e. The molecule has 6 rings (SSSR count). The molecule has 1 aromatic heterocycles. The van der Waals surface area contributed by atoms with Crippen LogP contribution in [0.15, 0.2) is 36.4 Å². The lowest BCUT2D eigenvalue weighted by Gasteiger charge is -2.24. The van der Waals surface area contributed by atoms with Gasteiger partial charge in [-0.3, -0.25) is 9.59 Å². The smallest absolute Gasteiger partial charge is 0.423 e. The summed E-state index contributed by atoms with van der Waals surface area (Å²) >= 11 is 0. The lowest BCUT2D eigenvalue weighted by atomic mass is 9.81. The first-order valence-electron chi connectivity index (χ1n) is 15.5. The molecule has 0 saturated heterocycles. The molecule has 0 bridgehead atoms. The minimum Gasteiger partial charge on any atom is -0.497 e. The number of carboxylic acids is 1. The van der Waals surface area contributed by atoms with Crippen LogP contribution in [0.4, 0.5) is 4.79 Å². The molecule has 2 fully saturated rings. The number of aromatic nitrogens is 1. The molecule has 2 aliphatic carbocycles. The fourth-order valence-electron chi connectivity index (χ4n) is 7.16. The second-order valence-corrected chi connectivity index (χ2v) is 15.3. The lowest BCUT2D eigenvalue weighted by Crippen LogP contribution is -2.51. The highest BCUT2D eigenvalue weighted by Gasteiger charge is 2.63. The molecule has 2 heterocycles. The Kier molecular flexibility index (Phi) is 7.83. The van der Waals surface area contributed by atoms with Crippen molar-refractivity contribution in [2.45, 2.75) is 83.3 Å². The molecule has 2 amide bonds. The van der Waals surface area contributed by atoms with E-state index in [-0.39, 0.29) is 23.9 Å². The Labute approximate surface area is 268 Å². The van der Waals surface area contributed by atoms with Gasteiger partial charge in [0, 0.05) is 41.5 Å². The molecule has 2 unspecified atom stereocenters. The molecule has 246 valence electrons. The van der Waals surface area contributed by atoms with Crippen molar-refractivity contribution in [1.82, 2.24) is 19.1 Å². The van der Waals surface area contributed by atoms with Crippen LogP contribution in [0.25, 0.3) is 22.2 Å². The molecule has 13 heteroatoms. The average molecular weight is 653 g/mol. The minimum atomic E-state index is -4.49. The highest BCUT2D eigenvalue weighted by atomic mass is 32.2. The van der Waals surface area contributed by atoms with Gasteiger partial charge in [-0.25, -0.2) is 14.9 Å². The predicted molar refractivity (Wildman–Crippen MR) is 171 cm³/mol. The van der Waals surface area contributed by atoms with Crippen molar-refractivity contribution in [2.75, 3.05) is 14.2 Å². The number of hydrogen-bond acceptors (Lipinski definition) is 7. The minimum absolute atomic E-state index is 0.0770. The maximum absolute atomic E-state index is 13.4. The standard InChI is InChI=1S/C33H40N4O8S/c1-32(2,3)45-31(41)34-36(4)46(42,43)35-29(38)20-11-13-23-26(15-20)37-18-33(30(39)40)17-25(33)24-16-21(44-5)12-14-22(24)28(37)27(23)19-9-7-6-8-10-19/h11-16,19,25H,6-10,17-18H2,1-5H3,(H,34,41)(H,35,38)(H,39,40). The first-order valence-corrected chi connectivity index (χ1v) is 17.0. The first kappa shape index (κ1) is 31.9. The van der Waals surface area contributed by atoms with Gasteiger partial charge in [0.25, 0.3) is 5.91 Å². The van der Waals surface area contributed by atoms with Gasteiger partial charge in [-0.15, -0.1) is 0 Å². The van der Waals surface area contributed by atoms with Crippen molar-refractivity contribution < 1.29 is 37.4 Å². The highest BCUT2D eigenvalue weighted by Crippen LogP contribution is 2.65. The van der Waals surface area contributed by atoms with Crippen molar-refractivity contribution in [1.29, 1.82) is 0 Å². The van der Waals surface area contributed by atoms with Gasteiger partial charge in [0.15, 0.2) is 0 Å². The highest BCUT2D eigenvalue weighted by molar-refractivity contribution is 7.87. The van der Waals surface area contributed by atoms with E-state index in [1.165, 1.54) is 6.42 Å². The van der Waals surface area contributed by atoms with E-state index in [0.717, 1.165) is 60.5 Å². The summed E-state index contributed by atoms with van der Waals surface area (Å²) in [4.78, 5) is 38.4. The molecule has 3 N–H and O–H groups in total. The predicted octanol–water partition coefficient (Wildman–Crippen LogP) is 5.28. The number of aliphatic carboxylic acids is 1. The topological polar surface area (TPSA) is 156 Å². The summed E-state index contributed by atoms with van der Waals surface area (Å²) in [7, 11) is -1.82. The Bertz CT molecular complexity index is 1850. The number of carbonyl (C=O) groups excluding carboxylic acids is 2. The molecule has 2 atom stereocenters. The number of ether oxygens (including phenoxy) is 2. The van der Waals surface area contributed by atoms with E-state index in [4.69, 9.17) is 9.47 Å². The molecule has 1 aliphatic heterocycles. The molecule has 2 saturated carbocycles. The second-order valence-electron chi connectivity index (χ2n) is 13.6. The van der Waals surface area contributed by atoms with E-state index in [0.29, 0.717) is 22.1 Å². The molecule has 2 aromatic carbocycles. The lowest BCUT2D eigenvalue weighted by molar-refractivity contribution is -0.144. The van der Waals surface area contributed by atoms with Gasteiger partial charge in [-0.1, -0.05) is 29.7 Å². The molecule has 0 radical (unpaired) electrons. The summed E-state index contributed by atoms with van der Waals surface area (Å²) in [6.45, 7) is 5.13. The third-order valence-electron chi connectivity index (χ3n) is 9.44. The van der Waals surface area contributed by atoms with Gasteiger partial charge in [0.1, 0.15) is 11.4 Å². The van der Waals surface area contributed by atoms with Crippen LogP contribution in [-0.2, 0) is 26.3 Å². The first-order chi connectivity index (χ1) is 21.6. The van der Waals surface area contributed by atoms with Crippen molar-refractivity contribution >= 4 is 39.1 Å². The molecule has 46 heavy (non-hydrogen) atoms. The van der Waals surface area contributed by atoms with Gasteiger partial charge < -0.3 is 19.1 Å². The fraction of sp³-hybridized carbons (Fsp3) is 0.485. The van der Waals surface area contributed by atoms with E-state index in [9.17, 15) is 27.9 Å². The van der Waals surface area contributed by atoms with E-state index >= 15 is 0 Å². The van der Waals surface area contributed by atoms with Crippen molar-refractivity contribution in [3.05, 3.63) is 53.1 Å². The number of rotatable bonds is 7. The molecule has 3 aromatic rings. The van der Waals surface area contributed by atoms with Crippen LogP contribution >= 0.6 is 0 Å². The van der Waals surface area contributed by atoms with Crippen molar-refractivity contribution in [3.63, 3.8) is 0 Å². The summed E-state index contributed by atoms with van der Waals surface area (Å²) in [6, 6.07) is 10.9. The Morgan fingerprint density at radius 3 is 2.43 bits per heavy atom. The van der Waals surface area contributed by atoms with Crippen LogP contribution in [0.1, 0.15) is 92.6 Å². The van der Waals surface area contributed by atoms with Crippen LogP contribution in [0.3, 0.4) is 0 Å². The quantitative estimate of drug-likeness (QED) is 0.291. The Morgan fingerprint density at radius 1 is 1.07 bits per heavy atom. The SMILES string of the molecule is COc1ccc2c(c1)C1CC1(C(=O)O)Cn1c-2c(C2CCCCC2)c2ccc(C(=O)NS(=O)(=O)N(C)NC(=O)OC(C)(C)C)cc21.